The van der Waals surface area contributed by atoms with Gasteiger partial charge in [0.25, 0.3) is 0 Å². The molecule has 0 aromatic rings. The fourth-order valence-electron chi connectivity index (χ4n) is 1.61. The van der Waals surface area contributed by atoms with Crippen molar-refractivity contribution in [1.29, 1.82) is 0 Å². The molecule has 0 aromatic heterocycles. The van der Waals surface area contributed by atoms with Gasteiger partial charge in [-0.15, -0.1) is 0 Å². The molecule has 3 atom stereocenters. The van der Waals surface area contributed by atoms with E-state index in [1.165, 1.54) is 6.42 Å². The van der Waals surface area contributed by atoms with E-state index in [4.69, 9.17) is 0 Å². The summed E-state index contributed by atoms with van der Waals surface area (Å²) in [5.74, 6) is 0.398. The standard InChI is InChI=1S/C7H13O2P.Na/c1-6-4-2-3-5-7(6)10(8)9;/h6-7H,2-5H2,1H3;/q;+1. The summed E-state index contributed by atoms with van der Waals surface area (Å²) in [6.07, 6.45) is 4.28. The third kappa shape index (κ3) is 3.52. The van der Waals surface area contributed by atoms with Crippen molar-refractivity contribution < 1.29 is 39.0 Å². The van der Waals surface area contributed by atoms with E-state index in [0.717, 1.165) is 19.3 Å². The minimum absolute atomic E-state index is 0. The molecule has 1 fully saturated rings. The van der Waals surface area contributed by atoms with Crippen molar-refractivity contribution in [3.63, 3.8) is 0 Å². The van der Waals surface area contributed by atoms with Crippen molar-refractivity contribution >= 4 is 8.03 Å². The molecule has 0 spiro atoms. The molecule has 0 N–H and O–H groups in total. The first kappa shape index (κ1) is 12.1. The number of hydrogen-bond acceptors (Lipinski definition) is 2. The molecule has 1 saturated carbocycles. The van der Waals surface area contributed by atoms with Crippen molar-refractivity contribution in [1.82, 2.24) is 0 Å². The molecule has 0 amide bonds. The molecular weight excluding hydrogens is 170 g/mol. The molecular formula is C7H13NaO2P+. The zero-order chi connectivity index (χ0) is 7.56. The van der Waals surface area contributed by atoms with Gasteiger partial charge in [0.2, 0.25) is 0 Å². The Balaban J connectivity index is 0.000001000. The quantitative estimate of drug-likeness (QED) is 0.373. The molecule has 4 heteroatoms. The van der Waals surface area contributed by atoms with Gasteiger partial charge < -0.3 is 4.89 Å². The molecule has 0 aromatic carbocycles. The minimum atomic E-state index is -2.16. The van der Waals surface area contributed by atoms with Crippen LogP contribution < -0.4 is 34.5 Å². The van der Waals surface area contributed by atoms with Crippen molar-refractivity contribution in [3.05, 3.63) is 0 Å². The smallest absolute Gasteiger partial charge is 0.595 e. The van der Waals surface area contributed by atoms with Crippen LogP contribution in [0.2, 0.25) is 0 Å². The fourth-order valence-corrected chi connectivity index (χ4v) is 2.57. The second-order valence-corrected chi connectivity index (χ2v) is 4.35. The van der Waals surface area contributed by atoms with Crippen molar-refractivity contribution in [2.75, 3.05) is 0 Å². The zero-order valence-corrected chi connectivity index (χ0v) is 10.1. The summed E-state index contributed by atoms with van der Waals surface area (Å²) in [6, 6.07) is 0. The van der Waals surface area contributed by atoms with Crippen LogP contribution in [-0.2, 0) is 4.57 Å². The SMILES string of the molecule is CC1CCCCC1[P+](=O)[O-].[Na+]. The first-order chi connectivity index (χ1) is 4.72. The first-order valence-electron chi connectivity index (χ1n) is 3.85. The van der Waals surface area contributed by atoms with Crippen LogP contribution in [0.25, 0.3) is 0 Å². The minimum Gasteiger partial charge on any atom is -0.595 e. The molecule has 58 valence electrons. The predicted molar refractivity (Wildman–Crippen MR) is 39.0 cm³/mol. The van der Waals surface area contributed by atoms with E-state index in [1.54, 1.807) is 0 Å². The summed E-state index contributed by atoms with van der Waals surface area (Å²) in [4.78, 5) is 10.6. The van der Waals surface area contributed by atoms with E-state index in [0.29, 0.717) is 5.92 Å². The van der Waals surface area contributed by atoms with E-state index in [9.17, 15) is 9.46 Å². The van der Waals surface area contributed by atoms with Crippen LogP contribution >= 0.6 is 8.03 Å². The van der Waals surface area contributed by atoms with Crippen LogP contribution in [-0.4, -0.2) is 5.66 Å². The summed E-state index contributed by atoms with van der Waals surface area (Å²) < 4.78 is 10.6. The maximum Gasteiger partial charge on any atom is 1.00 e. The molecule has 0 aliphatic heterocycles. The Kier molecular flexibility index (Phi) is 6.21. The summed E-state index contributed by atoms with van der Waals surface area (Å²) in [6.45, 7) is 2.04. The Bertz CT molecular complexity index is 140. The molecule has 0 bridgehead atoms. The summed E-state index contributed by atoms with van der Waals surface area (Å²) >= 11 is 0. The summed E-state index contributed by atoms with van der Waals surface area (Å²) in [7, 11) is -2.16. The van der Waals surface area contributed by atoms with E-state index in [1.807, 2.05) is 6.92 Å². The molecule has 3 unspecified atom stereocenters. The van der Waals surface area contributed by atoms with Gasteiger partial charge in [0.1, 0.15) is 0 Å². The van der Waals surface area contributed by atoms with Crippen molar-refractivity contribution in [2.24, 2.45) is 5.92 Å². The predicted octanol–water partition coefficient (Wildman–Crippen LogP) is -1.33. The van der Waals surface area contributed by atoms with Gasteiger partial charge in [-0.2, -0.15) is 0 Å². The van der Waals surface area contributed by atoms with Crippen molar-refractivity contribution in [3.8, 4) is 0 Å². The Hall–Kier alpha value is 1.06. The van der Waals surface area contributed by atoms with Gasteiger partial charge in [-0.3, -0.25) is 0 Å². The third-order valence-electron chi connectivity index (χ3n) is 2.34. The van der Waals surface area contributed by atoms with Gasteiger partial charge in [0, 0.05) is 5.92 Å². The molecule has 1 aliphatic rings. The van der Waals surface area contributed by atoms with Crippen LogP contribution in [0, 0.1) is 5.92 Å². The maximum atomic E-state index is 10.6. The normalized spacial score (nSPS) is 32.4. The van der Waals surface area contributed by atoms with Gasteiger partial charge in [-0.25, -0.2) is 0 Å². The topological polar surface area (TPSA) is 40.1 Å². The van der Waals surface area contributed by atoms with Crippen LogP contribution in [0.3, 0.4) is 0 Å². The molecule has 0 heterocycles. The average molecular weight is 183 g/mol. The van der Waals surface area contributed by atoms with E-state index < -0.39 is 8.03 Å². The number of hydrogen-bond donors (Lipinski definition) is 0. The van der Waals surface area contributed by atoms with Crippen molar-refractivity contribution in [2.45, 2.75) is 38.3 Å². The molecule has 11 heavy (non-hydrogen) atoms. The molecule has 2 nitrogen and oxygen atoms in total. The second-order valence-electron chi connectivity index (χ2n) is 3.11. The Morgan fingerprint density at radius 2 is 1.91 bits per heavy atom. The van der Waals surface area contributed by atoms with Gasteiger partial charge in [0.15, 0.2) is 5.66 Å². The Morgan fingerprint density at radius 3 is 2.27 bits per heavy atom. The van der Waals surface area contributed by atoms with E-state index in [-0.39, 0.29) is 35.2 Å². The number of rotatable bonds is 1. The zero-order valence-electron chi connectivity index (χ0n) is 7.25. The third-order valence-corrected chi connectivity index (χ3v) is 3.65. The second kappa shape index (κ2) is 5.66. The molecule has 1 aliphatic carbocycles. The van der Waals surface area contributed by atoms with E-state index in [2.05, 4.69) is 0 Å². The summed E-state index contributed by atoms with van der Waals surface area (Å²) in [5, 5.41) is 0. The van der Waals surface area contributed by atoms with Crippen LogP contribution in [0.4, 0.5) is 0 Å². The van der Waals surface area contributed by atoms with Crippen LogP contribution in [0.15, 0.2) is 0 Å². The monoisotopic (exact) mass is 183 g/mol. The van der Waals surface area contributed by atoms with Gasteiger partial charge in [0.05, 0.1) is 0 Å². The Labute approximate surface area is 90.9 Å². The Morgan fingerprint density at radius 1 is 1.36 bits per heavy atom. The maximum absolute atomic E-state index is 10.6. The first-order valence-corrected chi connectivity index (χ1v) is 5.10. The van der Waals surface area contributed by atoms with Gasteiger partial charge in [-0.1, -0.05) is 17.9 Å². The average Bonchev–Trinajstić information content (AvgIpc) is 1.88. The van der Waals surface area contributed by atoms with Gasteiger partial charge >= 0.3 is 37.6 Å². The molecule has 1 rings (SSSR count). The molecule has 0 radical (unpaired) electrons. The molecule has 0 saturated heterocycles. The largest absolute Gasteiger partial charge is 1.00 e. The summed E-state index contributed by atoms with van der Waals surface area (Å²) in [5.41, 5.74) is -0.0243. The van der Waals surface area contributed by atoms with Crippen LogP contribution in [0.5, 0.6) is 0 Å². The fraction of sp³-hybridized carbons (Fsp3) is 1.00. The van der Waals surface area contributed by atoms with Crippen LogP contribution in [0.1, 0.15) is 32.6 Å². The van der Waals surface area contributed by atoms with Gasteiger partial charge in [-0.05, 0) is 19.3 Å². The van der Waals surface area contributed by atoms with E-state index >= 15 is 0 Å².